The molecule has 32 heavy (non-hydrogen) atoms. The van der Waals surface area contributed by atoms with E-state index >= 15 is 0 Å². The first kappa shape index (κ1) is 25.1. The third-order valence-electron chi connectivity index (χ3n) is 4.95. The second-order valence-electron chi connectivity index (χ2n) is 7.32. The number of benzene rings is 2. The second-order valence-corrected chi connectivity index (χ2v) is 7.32. The van der Waals surface area contributed by atoms with Crippen LogP contribution in [-0.2, 0) is 37.1 Å². The monoisotopic (exact) mass is 450 g/mol. The molecule has 0 saturated carbocycles. The highest BCUT2D eigenvalue weighted by Gasteiger charge is 2.55. The van der Waals surface area contributed by atoms with Gasteiger partial charge in [0.05, 0.1) is 5.92 Å². The fraction of sp³-hybridized carbons (Fsp3) is 0.375. The first-order valence-corrected chi connectivity index (χ1v) is 10.2. The predicted molar refractivity (Wildman–Crippen MR) is 110 cm³/mol. The van der Waals surface area contributed by atoms with Crippen LogP contribution >= 0.6 is 0 Å². The molecule has 0 fully saturated rings. The summed E-state index contributed by atoms with van der Waals surface area (Å²) in [5.41, 5.74) is 1.09. The highest BCUT2D eigenvalue weighted by molar-refractivity contribution is 5.95. The smallest absolute Gasteiger partial charge is 0.393 e. The molecule has 0 unspecified atom stereocenters. The van der Waals surface area contributed by atoms with E-state index in [0.29, 0.717) is 11.1 Å². The van der Waals surface area contributed by atoms with E-state index in [9.17, 15) is 27.6 Å². The van der Waals surface area contributed by atoms with Gasteiger partial charge in [-0.15, -0.1) is 0 Å². The van der Waals surface area contributed by atoms with Crippen molar-refractivity contribution in [1.29, 1.82) is 0 Å². The molecule has 0 aliphatic heterocycles. The van der Waals surface area contributed by atoms with Gasteiger partial charge in [0.15, 0.2) is 5.92 Å². The summed E-state index contributed by atoms with van der Waals surface area (Å²) in [4.78, 5) is 37.0. The first-order valence-electron chi connectivity index (χ1n) is 10.2. The van der Waals surface area contributed by atoms with Crippen molar-refractivity contribution in [2.75, 3.05) is 0 Å². The molecule has 0 radical (unpaired) electrons. The van der Waals surface area contributed by atoms with E-state index in [4.69, 9.17) is 9.47 Å². The topological polar surface area (TPSA) is 69.7 Å². The normalized spacial score (nSPS) is 13.3. The maximum absolute atomic E-state index is 14.0. The molecule has 2 rings (SSSR count). The van der Waals surface area contributed by atoms with Gasteiger partial charge in [0.25, 0.3) is 0 Å². The lowest BCUT2D eigenvalue weighted by molar-refractivity contribution is -0.216. The van der Waals surface area contributed by atoms with Crippen molar-refractivity contribution in [2.24, 2.45) is 17.8 Å². The Labute approximate surface area is 184 Å². The van der Waals surface area contributed by atoms with E-state index in [-0.39, 0.29) is 32.3 Å². The standard InChI is InChI=1S/C24H25F3O5/c1-2-9-19(14-28)21(24(25,26)27)20(22(29)31-15-17-10-5-3-6-11-17)23(30)32-16-18-12-7-4-8-13-18/h3-8,10-14,19-21H,2,9,15-16H2,1H3/t19-,21+/m0/s1. The molecule has 0 heterocycles. The van der Waals surface area contributed by atoms with Crippen molar-refractivity contribution >= 4 is 18.2 Å². The summed E-state index contributed by atoms with van der Waals surface area (Å²) in [5.74, 6) is -9.20. The van der Waals surface area contributed by atoms with Gasteiger partial charge in [0.1, 0.15) is 19.5 Å². The van der Waals surface area contributed by atoms with Crippen molar-refractivity contribution in [1.82, 2.24) is 0 Å². The van der Waals surface area contributed by atoms with Crippen LogP contribution in [0.25, 0.3) is 0 Å². The maximum Gasteiger partial charge on any atom is 0.393 e. The van der Waals surface area contributed by atoms with E-state index in [1.807, 2.05) is 0 Å². The minimum absolute atomic E-state index is 0.137. The predicted octanol–water partition coefficient (Wildman–Crippen LogP) is 4.88. The second kappa shape index (κ2) is 12.0. The molecule has 0 amide bonds. The number of alkyl halides is 3. The zero-order valence-electron chi connectivity index (χ0n) is 17.6. The summed E-state index contributed by atoms with van der Waals surface area (Å²) in [5, 5.41) is 0. The molecule has 0 N–H and O–H groups in total. The van der Waals surface area contributed by atoms with E-state index < -0.39 is 35.9 Å². The Morgan fingerprint density at radius 3 is 1.66 bits per heavy atom. The van der Waals surface area contributed by atoms with Gasteiger partial charge in [-0.3, -0.25) is 9.59 Å². The zero-order valence-corrected chi connectivity index (χ0v) is 17.6. The molecule has 0 aromatic heterocycles. The number of hydrogen-bond acceptors (Lipinski definition) is 5. The van der Waals surface area contributed by atoms with E-state index in [0.717, 1.165) is 0 Å². The molecule has 0 aliphatic carbocycles. The molecule has 0 spiro atoms. The molecule has 5 nitrogen and oxygen atoms in total. The Hall–Kier alpha value is -3.16. The van der Waals surface area contributed by atoms with E-state index in [2.05, 4.69) is 0 Å². The summed E-state index contributed by atoms with van der Waals surface area (Å²) in [7, 11) is 0. The Morgan fingerprint density at radius 1 is 0.875 bits per heavy atom. The summed E-state index contributed by atoms with van der Waals surface area (Å²) >= 11 is 0. The number of aldehydes is 1. The highest BCUT2D eigenvalue weighted by atomic mass is 19.4. The van der Waals surface area contributed by atoms with Crippen LogP contribution in [0.4, 0.5) is 13.2 Å². The lowest BCUT2D eigenvalue weighted by Gasteiger charge is -2.30. The fourth-order valence-electron chi connectivity index (χ4n) is 3.37. The van der Waals surface area contributed by atoms with Crippen molar-refractivity contribution in [2.45, 2.75) is 39.2 Å². The lowest BCUT2D eigenvalue weighted by atomic mass is 9.79. The van der Waals surface area contributed by atoms with E-state index in [1.54, 1.807) is 67.6 Å². The van der Waals surface area contributed by atoms with Gasteiger partial charge in [-0.25, -0.2) is 0 Å². The van der Waals surface area contributed by atoms with Crippen LogP contribution in [-0.4, -0.2) is 24.4 Å². The number of hydrogen-bond donors (Lipinski definition) is 0. The minimum Gasteiger partial charge on any atom is -0.460 e. The van der Waals surface area contributed by atoms with Crippen LogP contribution in [0.1, 0.15) is 30.9 Å². The third kappa shape index (κ3) is 7.21. The first-order chi connectivity index (χ1) is 15.3. The summed E-state index contributed by atoms with van der Waals surface area (Å²) in [6.45, 7) is 0.985. The molecule has 0 bridgehead atoms. The largest absolute Gasteiger partial charge is 0.460 e. The Balaban J connectivity index is 2.30. The van der Waals surface area contributed by atoms with Gasteiger partial charge in [-0.05, 0) is 17.5 Å². The van der Waals surface area contributed by atoms with Gasteiger partial charge in [0, 0.05) is 5.92 Å². The van der Waals surface area contributed by atoms with Crippen LogP contribution in [0, 0.1) is 17.8 Å². The van der Waals surface area contributed by atoms with E-state index in [1.165, 1.54) is 0 Å². The number of ether oxygens (including phenoxy) is 2. The van der Waals surface area contributed by atoms with Crippen LogP contribution in [0.5, 0.6) is 0 Å². The van der Waals surface area contributed by atoms with Crippen LogP contribution in [0.15, 0.2) is 60.7 Å². The molecular formula is C24H25F3O5. The van der Waals surface area contributed by atoms with Crippen molar-refractivity contribution < 1.29 is 37.0 Å². The van der Waals surface area contributed by atoms with Gasteiger partial charge < -0.3 is 14.3 Å². The molecule has 172 valence electrons. The number of halogens is 3. The number of carbonyl (C=O) groups excluding carboxylic acids is 3. The average molecular weight is 450 g/mol. The Kier molecular flexibility index (Phi) is 9.43. The van der Waals surface area contributed by atoms with Crippen molar-refractivity contribution in [3.05, 3.63) is 71.8 Å². The fourth-order valence-corrected chi connectivity index (χ4v) is 3.37. The quantitative estimate of drug-likeness (QED) is 0.277. The zero-order chi connectivity index (χ0) is 23.6. The Morgan fingerprint density at radius 2 is 1.31 bits per heavy atom. The highest BCUT2D eigenvalue weighted by Crippen LogP contribution is 2.40. The van der Waals surface area contributed by atoms with Gasteiger partial charge >= 0.3 is 18.1 Å². The Bertz CT molecular complexity index is 813. The van der Waals surface area contributed by atoms with Gasteiger partial charge in [-0.2, -0.15) is 13.2 Å². The molecular weight excluding hydrogens is 425 g/mol. The minimum atomic E-state index is -5.00. The van der Waals surface area contributed by atoms with Crippen LogP contribution < -0.4 is 0 Å². The van der Waals surface area contributed by atoms with Gasteiger partial charge in [0.2, 0.25) is 0 Å². The summed E-state index contributed by atoms with van der Waals surface area (Å²) in [6.07, 6.45) is -4.73. The van der Waals surface area contributed by atoms with Gasteiger partial charge in [-0.1, -0.05) is 74.0 Å². The van der Waals surface area contributed by atoms with Crippen molar-refractivity contribution in [3.8, 4) is 0 Å². The average Bonchev–Trinajstić information content (AvgIpc) is 2.78. The van der Waals surface area contributed by atoms with Crippen LogP contribution in [0.2, 0.25) is 0 Å². The number of rotatable bonds is 11. The number of esters is 2. The molecule has 2 aromatic rings. The maximum atomic E-state index is 14.0. The number of carbonyl (C=O) groups is 3. The summed E-state index contributed by atoms with van der Waals surface area (Å²) in [6, 6.07) is 16.7. The molecule has 8 heteroatoms. The molecule has 2 atom stereocenters. The summed E-state index contributed by atoms with van der Waals surface area (Å²) < 4.78 is 52.1. The lowest BCUT2D eigenvalue weighted by Crippen LogP contribution is -2.45. The molecule has 0 aliphatic rings. The van der Waals surface area contributed by atoms with Crippen molar-refractivity contribution in [3.63, 3.8) is 0 Å². The third-order valence-corrected chi connectivity index (χ3v) is 4.95. The SMILES string of the molecule is CCC[C@@H](C=O)[C@H](C(C(=O)OCc1ccccc1)C(=O)OCc1ccccc1)C(F)(F)F. The molecule has 0 saturated heterocycles. The van der Waals surface area contributed by atoms with Crippen LogP contribution in [0.3, 0.4) is 0 Å². The molecule has 2 aromatic carbocycles.